The zero-order valence-electron chi connectivity index (χ0n) is 24.2. The number of nitrogens with zero attached hydrogens (tertiary/aromatic N) is 2. The predicted octanol–water partition coefficient (Wildman–Crippen LogP) is 4.02. The lowest BCUT2D eigenvalue weighted by Gasteiger charge is -2.34. The molecule has 0 fully saturated rings. The van der Waals surface area contributed by atoms with Crippen LogP contribution in [0, 0.1) is 0 Å². The van der Waals surface area contributed by atoms with Gasteiger partial charge in [-0.3, -0.25) is 13.9 Å². The van der Waals surface area contributed by atoms with Gasteiger partial charge in [0.25, 0.3) is 0 Å². The highest BCUT2D eigenvalue weighted by Gasteiger charge is 2.33. The van der Waals surface area contributed by atoms with Gasteiger partial charge in [-0.05, 0) is 60.9 Å². The van der Waals surface area contributed by atoms with E-state index in [1.807, 2.05) is 56.3 Å². The Hall–Kier alpha value is -4.05. The average Bonchev–Trinajstić information content (AvgIpc) is 2.97. The van der Waals surface area contributed by atoms with E-state index in [1.54, 1.807) is 43.5 Å². The normalized spacial score (nSPS) is 12.6. The van der Waals surface area contributed by atoms with E-state index in [9.17, 15) is 18.0 Å². The molecule has 0 bridgehead atoms. The van der Waals surface area contributed by atoms with Gasteiger partial charge in [0.1, 0.15) is 24.1 Å². The number of ether oxygens (including phenoxy) is 2. The molecule has 10 heteroatoms. The summed E-state index contributed by atoms with van der Waals surface area (Å²) in [5.41, 5.74) is 1.92. The molecule has 1 N–H and O–H groups in total. The van der Waals surface area contributed by atoms with Crippen LogP contribution in [0.25, 0.3) is 0 Å². The molecule has 220 valence electrons. The molecule has 2 amide bonds. The van der Waals surface area contributed by atoms with Crippen molar-refractivity contribution >= 4 is 27.5 Å². The second-order valence-corrected chi connectivity index (χ2v) is 11.8. The van der Waals surface area contributed by atoms with Crippen LogP contribution in [-0.4, -0.2) is 64.2 Å². The number of amides is 2. The van der Waals surface area contributed by atoms with Crippen molar-refractivity contribution in [3.63, 3.8) is 0 Å². The largest absolute Gasteiger partial charge is 0.497 e. The number of methoxy groups -OCH3 is 2. The highest BCUT2D eigenvalue weighted by Crippen LogP contribution is 2.23. The van der Waals surface area contributed by atoms with Crippen LogP contribution in [-0.2, 0) is 32.6 Å². The van der Waals surface area contributed by atoms with Crippen molar-refractivity contribution in [2.24, 2.45) is 0 Å². The first-order valence-electron chi connectivity index (χ1n) is 13.4. The molecule has 0 spiro atoms. The van der Waals surface area contributed by atoms with Crippen molar-refractivity contribution < 1.29 is 27.5 Å². The van der Waals surface area contributed by atoms with Crippen LogP contribution in [0.15, 0.2) is 78.9 Å². The third-order valence-corrected chi connectivity index (χ3v) is 7.94. The standard InChI is InChI=1S/C31H39N3O6S/c1-6-23(2)32-31(36)29(20-24-11-8-7-9-12-24)33(21-25-13-10-14-28(19-25)40-4)30(35)22-34(41(5,37)38)26-15-17-27(39-3)18-16-26/h7-19,23,29H,6,20-22H2,1-5H3,(H,32,36). The van der Waals surface area contributed by atoms with Gasteiger partial charge in [0, 0.05) is 19.0 Å². The summed E-state index contributed by atoms with van der Waals surface area (Å²) in [6.45, 7) is 3.45. The highest BCUT2D eigenvalue weighted by atomic mass is 32.2. The summed E-state index contributed by atoms with van der Waals surface area (Å²) >= 11 is 0. The van der Waals surface area contributed by atoms with Gasteiger partial charge < -0.3 is 19.7 Å². The Labute approximate surface area is 243 Å². The number of sulfonamides is 1. The summed E-state index contributed by atoms with van der Waals surface area (Å²) in [5, 5.41) is 3.02. The van der Waals surface area contributed by atoms with Gasteiger partial charge in [-0.1, -0.05) is 49.4 Å². The van der Waals surface area contributed by atoms with Crippen LogP contribution in [0.1, 0.15) is 31.4 Å². The third kappa shape index (κ3) is 8.97. The molecule has 2 atom stereocenters. The number of rotatable bonds is 14. The molecule has 3 rings (SSSR count). The fourth-order valence-electron chi connectivity index (χ4n) is 4.32. The Morgan fingerprint density at radius 1 is 0.878 bits per heavy atom. The van der Waals surface area contributed by atoms with Gasteiger partial charge in [-0.25, -0.2) is 8.42 Å². The van der Waals surface area contributed by atoms with E-state index in [0.717, 1.165) is 21.7 Å². The molecule has 0 radical (unpaired) electrons. The van der Waals surface area contributed by atoms with Crippen LogP contribution in [0.2, 0.25) is 0 Å². The summed E-state index contributed by atoms with van der Waals surface area (Å²) < 4.78 is 37.4. The van der Waals surface area contributed by atoms with Crippen LogP contribution in [0.5, 0.6) is 11.5 Å². The van der Waals surface area contributed by atoms with Crippen molar-refractivity contribution in [1.82, 2.24) is 10.2 Å². The molecule has 41 heavy (non-hydrogen) atoms. The van der Waals surface area contributed by atoms with Crippen molar-refractivity contribution in [3.05, 3.63) is 90.0 Å². The van der Waals surface area contributed by atoms with E-state index in [0.29, 0.717) is 23.6 Å². The number of anilines is 1. The molecule has 0 heterocycles. The first kappa shape index (κ1) is 31.5. The molecule has 2 unspecified atom stereocenters. The Bertz CT molecular complexity index is 1400. The number of benzene rings is 3. The third-order valence-electron chi connectivity index (χ3n) is 6.80. The number of hydrogen-bond donors (Lipinski definition) is 1. The minimum Gasteiger partial charge on any atom is -0.497 e. The number of hydrogen-bond acceptors (Lipinski definition) is 6. The summed E-state index contributed by atoms with van der Waals surface area (Å²) in [4.78, 5) is 29.3. The van der Waals surface area contributed by atoms with E-state index in [4.69, 9.17) is 9.47 Å². The van der Waals surface area contributed by atoms with Gasteiger partial charge in [-0.15, -0.1) is 0 Å². The van der Waals surface area contributed by atoms with Gasteiger partial charge >= 0.3 is 0 Å². The number of carbonyl (C=O) groups is 2. The first-order valence-corrected chi connectivity index (χ1v) is 15.3. The predicted molar refractivity (Wildman–Crippen MR) is 161 cm³/mol. The van der Waals surface area contributed by atoms with Crippen LogP contribution < -0.4 is 19.1 Å². The molecule has 9 nitrogen and oxygen atoms in total. The number of nitrogens with one attached hydrogen (secondary N) is 1. The lowest BCUT2D eigenvalue weighted by Crippen LogP contribution is -2.54. The Morgan fingerprint density at radius 2 is 1.51 bits per heavy atom. The molecular formula is C31H39N3O6S. The maximum atomic E-state index is 14.1. The summed E-state index contributed by atoms with van der Waals surface area (Å²) in [5.74, 6) is 0.330. The number of carbonyl (C=O) groups excluding carboxylic acids is 2. The lowest BCUT2D eigenvalue weighted by molar-refractivity contribution is -0.140. The fourth-order valence-corrected chi connectivity index (χ4v) is 5.17. The second-order valence-electron chi connectivity index (χ2n) is 9.86. The molecule has 0 aliphatic carbocycles. The van der Waals surface area contributed by atoms with E-state index in [-0.39, 0.29) is 24.9 Å². The van der Waals surface area contributed by atoms with Gasteiger partial charge in [0.15, 0.2) is 0 Å². The molecule has 0 aliphatic heterocycles. The molecule has 3 aromatic rings. The topological polar surface area (TPSA) is 105 Å². The maximum Gasteiger partial charge on any atom is 0.244 e. The smallest absolute Gasteiger partial charge is 0.244 e. The molecule has 0 aliphatic rings. The minimum atomic E-state index is -3.85. The quantitative estimate of drug-likeness (QED) is 0.308. The maximum absolute atomic E-state index is 14.1. The van der Waals surface area contributed by atoms with Crippen LogP contribution in [0.3, 0.4) is 0 Å². The van der Waals surface area contributed by atoms with E-state index < -0.39 is 28.5 Å². The fraction of sp³-hybridized carbons (Fsp3) is 0.355. The van der Waals surface area contributed by atoms with Crippen molar-refractivity contribution in [3.8, 4) is 11.5 Å². The zero-order valence-corrected chi connectivity index (χ0v) is 25.1. The second kappa shape index (κ2) is 14.5. The van der Waals surface area contributed by atoms with E-state index in [1.165, 1.54) is 12.0 Å². The van der Waals surface area contributed by atoms with Crippen molar-refractivity contribution in [2.75, 3.05) is 31.3 Å². The Balaban J connectivity index is 2.06. The van der Waals surface area contributed by atoms with E-state index >= 15 is 0 Å². The molecule has 0 aromatic heterocycles. The van der Waals surface area contributed by atoms with Crippen molar-refractivity contribution in [2.45, 2.75) is 45.3 Å². The monoisotopic (exact) mass is 581 g/mol. The lowest BCUT2D eigenvalue weighted by atomic mass is 10.0. The molecule has 0 saturated carbocycles. The van der Waals surface area contributed by atoms with Crippen LogP contribution in [0.4, 0.5) is 5.69 Å². The summed E-state index contributed by atoms with van der Waals surface area (Å²) in [6.07, 6.45) is 2.02. The highest BCUT2D eigenvalue weighted by molar-refractivity contribution is 7.92. The average molecular weight is 582 g/mol. The SMILES string of the molecule is CCC(C)NC(=O)C(Cc1ccccc1)N(Cc1cccc(OC)c1)C(=O)CN(c1ccc(OC)cc1)S(C)(=O)=O. The minimum absolute atomic E-state index is 0.0711. The van der Waals surface area contributed by atoms with E-state index in [2.05, 4.69) is 5.32 Å². The molecule has 3 aromatic carbocycles. The summed E-state index contributed by atoms with van der Waals surface area (Å²) in [6, 6.07) is 22.1. The zero-order chi connectivity index (χ0) is 30.0. The Kier molecular flexibility index (Phi) is 11.2. The van der Waals surface area contributed by atoms with Gasteiger partial charge in [-0.2, -0.15) is 0 Å². The summed E-state index contributed by atoms with van der Waals surface area (Å²) in [7, 11) is -0.784. The molecular weight excluding hydrogens is 542 g/mol. The van der Waals surface area contributed by atoms with Crippen LogP contribution >= 0.6 is 0 Å². The van der Waals surface area contributed by atoms with Crippen molar-refractivity contribution in [1.29, 1.82) is 0 Å². The molecule has 0 saturated heterocycles. The van der Waals surface area contributed by atoms with Gasteiger partial charge in [0.05, 0.1) is 26.2 Å². The van der Waals surface area contributed by atoms with Gasteiger partial charge in [0.2, 0.25) is 21.8 Å². The first-order chi connectivity index (χ1) is 19.5. The Morgan fingerprint density at radius 3 is 2.10 bits per heavy atom.